The van der Waals surface area contributed by atoms with Gasteiger partial charge in [-0.15, -0.1) is 0 Å². The molecule has 0 aromatic heterocycles. The van der Waals surface area contributed by atoms with E-state index in [1.54, 1.807) is 0 Å². The molecule has 142 valence electrons. The van der Waals surface area contributed by atoms with Gasteiger partial charge in [0.05, 0.1) is 0 Å². The van der Waals surface area contributed by atoms with E-state index in [1.165, 1.54) is 36.8 Å². The molecule has 1 heterocycles. The Balaban J connectivity index is 1.80. The number of rotatable bonds is 5. The molecule has 1 aliphatic rings. The van der Waals surface area contributed by atoms with E-state index >= 15 is 0 Å². The van der Waals surface area contributed by atoms with E-state index in [9.17, 15) is 0 Å². The number of unbranched alkanes of at least 4 members (excludes halogenated alkanes) is 1. The van der Waals surface area contributed by atoms with Crippen LogP contribution in [0.1, 0.15) is 37.3 Å². The minimum atomic E-state index is 0.643. The van der Waals surface area contributed by atoms with Gasteiger partial charge in [0.25, 0.3) is 0 Å². The first kappa shape index (κ1) is 20.4. The van der Waals surface area contributed by atoms with Crippen molar-refractivity contribution in [2.24, 2.45) is 5.92 Å². The van der Waals surface area contributed by atoms with Gasteiger partial charge in [-0.2, -0.15) is 0 Å². The SMILES string of the molecule is CCCCc1ccc(CC2CNCCNCCCNCCNC2)cc1. The Bertz CT molecular complexity index is 418. The molecule has 2 rings (SSSR count). The fourth-order valence-electron chi connectivity index (χ4n) is 3.33. The largest absolute Gasteiger partial charge is 0.315 e. The van der Waals surface area contributed by atoms with Crippen molar-refractivity contribution in [3.8, 4) is 0 Å². The summed E-state index contributed by atoms with van der Waals surface area (Å²) in [4.78, 5) is 0. The summed E-state index contributed by atoms with van der Waals surface area (Å²) in [6.07, 6.45) is 6.12. The number of benzene rings is 1. The molecular formula is C21H38N4. The third-order valence-corrected chi connectivity index (χ3v) is 4.90. The zero-order valence-electron chi connectivity index (χ0n) is 16.1. The van der Waals surface area contributed by atoms with Gasteiger partial charge in [0, 0.05) is 26.2 Å². The Labute approximate surface area is 154 Å². The van der Waals surface area contributed by atoms with Gasteiger partial charge in [-0.3, -0.25) is 0 Å². The summed E-state index contributed by atoms with van der Waals surface area (Å²) in [5.74, 6) is 0.643. The van der Waals surface area contributed by atoms with Crippen LogP contribution in [0.25, 0.3) is 0 Å². The predicted molar refractivity (Wildman–Crippen MR) is 108 cm³/mol. The van der Waals surface area contributed by atoms with Crippen molar-refractivity contribution in [1.82, 2.24) is 21.3 Å². The molecule has 25 heavy (non-hydrogen) atoms. The maximum Gasteiger partial charge on any atom is 0.00768 e. The maximum atomic E-state index is 3.63. The minimum absolute atomic E-state index is 0.643. The zero-order valence-corrected chi connectivity index (χ0v) is 16.1. The van der Waals surface area contributed by atoms with E-state index in [2.05, 4.69) is 52.5 Å². The predicted octanol–water partition coefficient (Wildman–Crippen LogP) is 1.95. The molecule has 1 fully saturated rings. The molecule has 0 aliphatic carbocycles. The lowest BCUT2D eigenvalue weighted by molar-refractivity contribution is 0.430. The highest BCUT2D eigenvalue weighted by Gasteiger charge is 2.10. The highest BCUT2D eigenvalue weighted by Crippen LogP contribution is 2.12. The van der Waals surface area contributed by atoms with Gasteiger partial charge in [0.15, 0.2) is 0 Å². The molecule has 1 saturated heterocycles. The van der Waals surface area contributed by atoms with E-state index in [1.807, 2.05) is 0 Å². The van der Waals surface area contributed by atoms with E-state index in [0.29, 0.717) is 5.92 Å². The average Bonchev–Trinajstić information content (AvgIpc) is 2.64. The summed E-state index contributed by atoms with van der Waals surface area (Å²) in [6, 6.07) is 9.31. The highest BCUT2D eigenvalue weighted by atomic mass is 15.0. The number of hydrogen-bond donors (Lipinski definition) is 4. The van der Waals surface area contributed by atoms with Crippen molar-refractivity contribution in [3.05, 3.63) is 35.4 Å². The highest BCUT2D eigenvalue weighted by molar-refractivity contribution is 5.23. The van der Waals surface area contributed by atoms with E-state index < -0.39 is 0 Å². The number of nitrogens with one attached hydrogen (secondary N) is 4. The van der Waals surface area contributed by atoms with Gasteiger partial charge in [0.1, 0.15) is 0 Å². The Morgan fingerprint density at radius 3 is 1.92 bits per heavy atom. The van der Waals surface area contributed by atoms with Crippen LogP contribution in [0, 0.1) is 5.92 Å². The van der Waals surface area contributed by atoms with Gasteiger partial charge in [-0.25, -0.2) is 0 Å². The third-order valence-electron chi connectivity index (χ3n) is 4.90. The molecule has 1 aromatic rings. The van der Waals surface area contributed by atoms with Crippen molar-refractivity contribution in [3.63, 3.8) is 0 Å². The van der Waals surface area contributed by atoms with Crippen LogP contribution >= 0.6 is 0 Å². The Morgan fingerprint density at radius 1 is 0.760 bits per heavy atom. The third kappa shape index (κ3) is 9.36. The smallest absolute Gasteiger partial charge is 0.00768 e. The van der Waals surface area contributed by atoms with Gasteiger partial charge in [-0.05, 0) is 68.9 Å². The monoisotopic (exact) mass is 346 g/mol. The molecule has 4 nitrogen and oxygen atoms in total. The second kappa shape index (κ2) is 13.3. The summed E-state index contributed by atoms with van der Waals surface area (Å²) in [5.41, 5.74) is 2.94. The van der Waals surface area contributed by atoms with Crippen molar-refractivity contribution in [1.29, 1.82) is 0 Å². The molecule has 0 saturated carbocycles. The van der Waals surface area contributed by atoms with E-state index in [0.717, 1.165) is 58.8 Å². The Morgan fingerprint density at radius 2 is 1.32 bits per heavy atom. The minimum Gasteiger partial charge on any atom is -0.315 e. The molecule has 0 radical (unpaired) electrons. The topological polar surface area (TPSA) is 48.1 Å². The molecule has 4 heteroatoms. The van der Waals surface area contributed by atoms with Crippen molar-refractivity contribution < 1.29 is 0 Å². The maximum absolute atomic E-state index is 3.63. The van der Waals surface area contributed by atoms with Crippen LogP contribution in [-0.4, -0.2) is 52.4 Å². The first-order valence-electron chi connectivity index (χ1n) is 10.3. The van der Waals surface area contributed by atoms with Crippen molar-refractivity contribution >= 4 is 0 Å². The number of aryl methyl sites for hydroxylation is 1. The molecule has 0 bridgehead atoms. The molecule has 1 aliphatic heterocycles. The normalized spacial score (nSPS) is 19.4. The molecule has 0 spiro atoms. The Hall–Kier alpha value is -0.940. The lowest BCUT2D eigenvalue weighted by Crippen LogP contribution is -2.39. The van der Waals surface area contributed by atoms with Gasteiger partial charge in [-0.1, -0.05) is 37.6 Å². The second-order valence-electron chi connectivity index (χ2n) is 7.25. The summed E-state index contributed by atoms with van der Waals surface area (Å²) in [6.45, 7) is 10.9. The lowest BCUT2D eigenvalue weighted by Gasteiger charge is -2.20. The lowest BCUT2D eigenvalue weighted by atomic mass is 9.97. The summed E-state index contributed by atoms with van der Waals surface area (Å²) >= 11 is 0. The van der Waals surface area contributed by atoms with E-state index in [-0.39, 0.29) is 0 Å². The second-order valence-corrected chi connectivity index (χ2v) is 7.25. The molecule has 0 unspecified atom stereocenters. The molecule has 0 atom stereocenters. The van der Waals surface area contributed by atoms with Gasteiger partial charge < -0.3 is 21.3 Å². The van der Waals surface area contributed by atoms with E-state index in [4.69, 9.17) is 0 Å². The fourth-order valence-corrected chi connectivity index (χ4v) is 3.33. The van der Waals surface area contributed by atoms with Crippen LogP contribution in [0.3, 0.4) is 0 Å². The summed E-state index contributed by atoms with van der Waals surface area (Å²) in [7, 11) is 0. The summed E-state index contributed by atoms with van der Waals surface area (Å²) in [5, 5.41) is 14.3. The van der Waals surface area contributed by atoms with Crippen LogP contribution < -0.4 is 21.3 Å². The molecule has 0 amide bonds. The fraction of sp³-hybridized carbons (Fsp3) is 0.714. The standard InChI is InChI=1S/C21H38N4/c1-2-3-5-19-6-8-20(9-7-19)16-21-17-24-14-12-22-10-4-11-23-13-15-25-18-21/h6-9,21-25H,2-5,10-18H2,1H3. The van der Waals surface area contributed by atoms with Gasteiger partial charge in [0.2, 0.25) is 0 Å². The van der Waals surface area contributed by atoms with Crippen LogP contribution in [-0.2, 0) is 12.8 Å². The van der Waals surface area contributed by atoms with Crippen molar-refractivity contribution in [2.45, 2.75) is 39.0 Å². The molecular weight excluding hydrogens is 308 g/mol. The van der Waals surface area contributed by atoms with Crippen molar-refractivity contribution in [2.75, 3.05) is 52.4 Å². The summed E-state index contributed by atoms with van der Waals surface area (Å²) < 4.78 is 0. The molecule has 4 N–H and O–H groups in total. The van der Waals surface area contributed by atoms with Gasteiger partial charge >= 0.3 is 0 Å². The van der Waals surface area contributed by atoms with Crippen LogP contribution in [0.5, 0.6) is 0 Å². The van der Waals surface area contributed by atoms with Crippen LogP contribution in [0.15, 0.2) is 24.3 Å². The molecule has 1 aromatic carbocycles. The van der Waals surface area contributed by atoms with Crippen LogP contribution in [0.2, 0.25) is 0 Å². The average molecular weight is 347 g/mol. The quantitative estimate of drug-likeness (QED) is 0.658. The van der Waals surface area contributed by atoms with Crippen LogP contribution in [0.4, 0.5) is 0 Å². The number of hydrogen-bond acceptors (Lipinski definition) is 4. The first-order chi connectivity index (χ1) is 12.4. The zero-order chi connectivity index (χ0) is 17.6. The Kier molecular flexibility index (Phi) is 10.8. The first-order valence-corrected chi connectivity index (χ1v) is 10.3.